The van der Waals surface area contributed by atoms with Crippen molar-refractivity contribution in [3.8, 4) is 23.0 Å². The number of phenolic OH excluding ortho intramolecular Hbond substituents is 4. The van der Waals surface area contributed by atoms with Crippen LogP contribution in [0.3, 0.4) is 0 Å². The van der Waals surface area contributed by atoms with Crippen molar-refractivity contribution in [2.75, 3.05) is 6.54 Å². The van der Waals surface area contributed by atoms with Crippen molar-refractivity contribution in [2.24, 2.45) is 0 Å². The Hall–Kier alpha value is -4.55. The summed E-state index contributed by atoms with van der Waals surface area (Å²) in [6, 6.07) is 7.68. The fraction of sp³-hybridized carbons (Fsp3) is 0.296. The van der Waals surface area contributed by atoms with Crippen molar-refractivity contribution < 1.29 is 54.5 Å². The minimum atomic E-state index is -2.13. The van der Waals surface area contributed by atoms with Crippen LogP contribution in [0.25, 0.3) is 12.2 Å². The number of benzene rings is 2. The first-order valence-electron chi connectivity index (χ1n) is 11.9. The number of esters is 2. The van der Waals surface area contributed by atoms with Gasteiger partial charge in [-0.2, -0.15) is 0 Å². The monoisotopic (exact) mass is 543 g/mol. The van der Waals surface area contributed by atoms with Crippen LogP contribution in [0.2, 0.25) is 0 Å². The van der Waals surface area contributed by atoms with Crippen LogP contribution >= 0.6 is 0 Å². The second-order valence-electron chi connectivity index (χ2n) is 8.90. The molecule has 39 heavy (non-hydrogen) atoms. The van der Waals surface area contributed by atoms with Gasteiger partial charge in [-0.1, -0.05) is 12.1 Å². The Morgan fingerprint density at radius 3 is 1.67 bits per heavy atom. The number of nitrogens with one attached hydrogen (secondary N) is 1. The normalized spacial score (nSPS) is 23.0. The summed E-state index contributed by atoms with van der Waals surface area (Å²) in [6.07, 6.45) is -0.909. The third-order valence-corrected chi connectivity index (χ3v) is 5.96. The van der Waals surface area contributed by atoms with E-state index in [-0.39, 0.29) is 18.0 Å². The lowest BCUT2D eigenvalue weighted by Crippen LogP contribution is -2.60. The van der Waals surface area contributed by atoms with Gasteiger partial charge < -0.3 is 45.4 Å². The second kappa shape index (κ2) is 12.3. The van der Waals surface area contributed by atoms with Gasteiger partial charge in [0.2, 0.25) is 0 Å². The molecule has 0 aromatic heterocycles. The summed E-state index contributed by atoms with van der Waals surface area (Å²) < 4.78 is 10.6. The molecule has 208 valence electrons. The lowest BCUT2D eigenvalue weighted by Gasteiger charge is -2.41. The van der Waals surface area contributed by atoms with E-state index in [4.69, 9.17) is 9.47 Å². The fourth-order valence-electron chi connectivity index (χ4n) is 3.96. The van der Waals surface area contributed by atoms with E-state index in [0.29, 0.717) is 11.1 Å². The maximum absolute atomic E-state index is 12.6. The number of aliphatic hydroxyl groups is 2. The first-order chi connectivity index (χ1) is 18.4. The molecule has 1 aliphatic carbocycles. The van der Waals surface area contributed by atoms with Gasteiger partial charge in [-0.15, -0.1) is 0 Å². The van der Waals surface area contributed by atoms with E-state index >= 15 is 0 Å². The smallest absolute Gasteiger partial charge is 0.331 e. The lowest BCUT2D eigenvalue weighted by molar-refractivity contribution is -0.196. The maximum atomic E-state index is 12.6. The number of aromatic hydroxyl groups is 4. The van der Waals surface area contributed by atoms with E-state index in [9.17, 15) is 45.0 Å². The van der Waals surface area contributed by atoms with E-state index in [1.807, 2.05) is 0 Å². The Kier molecular flexibility index (Phi) is 9.17. The van der Waals surface area contributed by atoms with Crippen LogP contribution in [-0.2, 0) is 23.9 Å². The summed E-state index contributed by atoms with van der Waals surface area (Å²) in [5, 5.41) is 62.2. The molecule has 2 atom stereocenters. The van der Waals surface area contributed by atoms with Crippen LogP contribution in [0.4, 0.5) is 0 Å². The molecule has 12 heteroatoms. The average Bonchev–Trinajstić information content (AvgIpc) is 2.88. The van der Waals surface area contributed by atoms with E-state index in [1.165, 1.54) is 48.6 Å². The summed E-state index contributed by atoms with van der Waals surface area (Å²) >= 11 is 0. The molecule has 1 fully saturated rings. The van der Waals surface area contributed by atoms with Gasteiger partial charge in [-0.3, -0.25) is 4.79 Å². The van der Waals surface area contributed by atoms with Gasteiger partial charge in [0.05, 0.1) is 0 Å². The standard InChI is InChI=1S/C27H29NO11/c1-2-28-26(36)27(37)13-21(38-23(33)9-5-15-3-7-17(29)19(31)11-15)25(35)22(14-27)39-24(34)10-6-16-4-8-18(30)20(32)12-16/h3-12,21-22,25,29-32,35,37H,2,13-14H2,1H3,(H,28,36)/b9-5+,10-6+/t21-,22-,25?,27?/m1/s1. The van der Waals surface area contributed by atoms with Crippen molar-refractivity contribution in [2.45, 2.75) is 43.7 Å². The first-order valence-corrected chi connectivity index (χ1v) is 11.9. The zero-order valence-corrected chi connectivity index (χ0v) is 20.9. The SMILES string of the molecule is CCNC(=O)C1(O)C[C@@H](OC(=O)/C=C/c2ccc(O)c(O)c2)C(O)[C@H](OC(=O)/C=C/c2ccc(O)c(O)c2)C1. The largest absolute Gasteiger partial charge is 0.504 e. The number of carbonyl (C=O) groups is 3. The Balaban J connectivity index is 1.75. The summed E-state index contributed by atoms with van der Waals surface area (Å²) in [4.78, 5) is 37.5. The molecule has 0 saturated heterocycles. The second-order valence-corrected chi connectivity index (χ2v) is 8.90. The number of likely N-dealkylation sites (N-methyl/N-ethyl adjacent to an activating group) is 1. The highest BCUT2D eigenvalue weighted by atomic mass is 16.6. The summed E-state index contributed by atoms with van der Waals surface area (Å²) in [5.74, 6) is -4.21. The number of amides is 1. The molecule has 7 N–H and O–H groups in total. The minimum absolute atomic E-state index is 0.184. The van der Waals surface area contributed by atoms with Crippen molar-refractivity contribution >= 4 is 30.0 Å². The molecule has 0 radical (unpaired) electrons. The Labute approximate surface area is 223 Å². The maximum Gasteiger partial charge on any atom is 0.331 e. The van der Waals surface area contributed by atoms with Crippen molar-refractivity contribution in [3.05, 3.63) is 59.7 Å². The number of ether oxygens (including phenoxy) is 2. The molecule has 0 aliphatic heterocycles. The Morgan fingerprint density at radius 2 is 1.28 bits per heavy atom. The Bertz CT molecular complexity index is 1200. The third-order valence-electron chi connectivity index (χ3n) is 5.96. The highest BCUT2D eigenvalue weighted by molar-refractivity contribution is 5.89. The molecule has 12 nitrogen and oxygen atoms in total. The van der Waals surface area contributed by atoms with E-state index < -0.39 is 66.1 Å². The van der Waals surface area contributed by atoms with Gasteiger partial charge in [0.1, 0.15) is 23.9 Å². The number of carbonyl (C=O) groups excluding carboxylic acids is 3. The molecular weight excluding hydrogens is 514 g/mol. The molecule has 2 aromatic carbocycles. The van der Waals surface area contributed by atoms with Crippen LogP contribution in [0, 0.1) is 0 Å². The average molecular weight is 544 g/mol. The van der Waals surface area contributed by atoms with Crippen LogP contribution in [0.5, 0.6) is 23.0 Å². The topological polar surface area (TPSA) is 203 Å². The highest BCUT2D eigenvalue weighted by Crippen LogP contribution is 2.34. The van der Waals surface area contributed by atoms with Gasteiger partial charge in [0, 0.05) is 31.5 Å². The van der Waals surface area contributed by atoms with E-state index in [2.05, 4.69) is 5.32 Å². The molecular formula is C27H29NO11. The minimum Gasteiger partial charge on any atom is -0.504 e. The summed E-state index contributed by atoms with van der Waals surface area (Å²) in [5.41, 5.74) is -1.43. The van der Waals surface area contributed by atoms with Crippen molar-refractivity contribution in [3.63, 3.8) is 0 Å². The van der Waals surface area contributed by atoms with Crippen LogP contribution in [-0.4, -0.2) is 78.9 Å². The van der Waals surface area contributed by atoms with Gasteiger partial charge in [-0.05, 0) is 54.5 Å². The molecule has 3 rings (SSSR count). The molecule has 0 spiro atoms. The lowest BCUT2D eigenvalue weighted by atomic mass is 9.78. The van der Waals surface area contributed by atoms with Gasteiger partial charge >= 0.3 is 11.9 Å². The van der Waals surface area contributed by atoms with Crippen LogP contribution in [0.15, 0.2) is 48.6 Å². The Morgan fingerprint density at radius 1 is 0.846 bits per heavy atom. The third kappa shape index (κ3) is 7.49. The number of hydrogen-bond acceptors (Lipinski definition) is 11. The quantitative estimate of drug-likeness (QED) is 0.143. The highest BCUT2D eigenvalue weighted by Gasteiger charge is 2.51. The molecule has 0 unspecified atom stereocenters. The van der Waals surface area contributed by atoms with Crippen molar-refractivity contribution in [1.82, 2.24) is 5.32 Å². The zero-order valence-electron chi connectivity index (χ0n) is 20.9. The number of phenols is 4. The number of aliphatic hydroxyl groups excluding tert-OH is 1. The molecule has 1 saturated carbocycles. The van der Waals surface area contributed by atoms with Crippen molar-refractivity contribution in [1.29, 1.82) is 0 Å². The molecule has 0 heterocycles. The van der Waals surface area contributed by atoms with Gasteiger partial charge in [-0.25, -0.2) is 9.59 Å². The van der Waals surface area contributed by atoms with Crippen LogP contribution in [0.1, 0.15) is 30.9 Å². The molecule has 2 aromatic rings. The molecule has 1 amide bonds. The van der Waals surface area contributed by atoms with E-state index in [0.717, 1.165) is 12.2 Å². The summed E-state index contributed by atoms with van der Waals surface area (Å²) in [6.45, 7) is 1.81. The summed E-state index contributed by atoms with van der Waals surface area (Å²) in [7, 11) is 0. The predicted molar refractivity (Wildman–Crippen MR) is 136 cm³/mol. The zero-order chi connectivity index (χ0) is 28.7. The van der Waals surface area contributed by atoms with Crippen LogP contribution < -0.4 is 5.32 Å². The van der Waals surface area contributed by atoms with Gasteiger partial charge in [0.25, 0.3) is 5.91 Å². The predicted octanol–water partition coefficient (Wildman–Crippen LogP) is 1.08. The number of rotatable bonds is 8. The fourth-order valence-corrected chi connectivity index (χ4v) is 3.96. The molecule has 0 bridgehead atoms. The first kappa shape index (κ1) is 29.0. The number of hydrogen-bond donors (Lipinski definition) is 7. The molecule has 1 aliphatic rings. The van der Waals surface area contributed by atoms with E-state index in [1.54, 1.807) is 6.92 Å². The van der Waals surface area contributed by atoms with Gasteiger partial charge in [0.15, 0.2) is 23.0 Å².